The first-order chi connectivity index (χ1) is 9.51. The largest absolute Gasteiger partial charge is 0.358 e. The summed E-state index contributed by atoms with van der Waals surface area (Å²) in [6.45, 7) is 6.76. The number of thiazole rings is 1. The fourth-order valence-electron chi connectivity index (χ4n) is 2.14. The summed E-state index contributed by atoms with van der Waals surface area (Å²) in [4.78, 5) is 16.4. The van der Waals surface area contributed by atoms with Crippen molar-refractivity contribution < 1.29 is 4.79 Å². The first kappa shape index (κ1) is 14.9. The van der Waals surface area contributed by atoms with Gasteiger partial charge in [0, 0.05) is 13.6 Å². The summed E-state index contributed by atoms with van der Waals surface area (Å²) in [5.41, 5.74) is 2.25. The zero-order chi connectivity index (χ0) is 14.7. The Hall–Kier alpha value is -1.46. The van der Waals surface area contributed by atoms with Gasteiger partial charge < -0.3 is 5.32 Å². The van der Waals surface area contributed by atoms with E-state index in [4.69, 9.17) is 0 Å². The molecule has 0 fully saturated rings. The molecule has 108 valence electrons. The number of carbonyl (C=O) groups excluding carboxylic acids is 1. The molecule has 1 amide bonds. The molecular formula is C15H21N3OS. The molecule has 0 aliphatic rings. The average Bonchev–Trinajstić information content (AvgIpc) is 2.79. The average molecular weight is 291 g/mol. The number of hydrogen-bond acceptors (Lipinski definition) is 4. The van der Waals surface area contributed by atoms with Crippen LogP contribution in [0.3, 0.4) is 0 Å². The molecule has 0 spiro atoms. The standard InChI is InChI=1S/C15H21N3OS/c1-9(2)14(15(19)16-4)17-8-13-18-11-7-10(3)5-6-12(11)20-13/h5-7,9,14,17H,8H2,1-4H3,(H,16,19). The Morgan fingerprint density at radius 1 is 1.40 bits per heavy atom. The van der Waals surface area contributed by atoms with Crippen molar-refractivity contribution in [2.45, 2.75) is 33.4 Å². The summed E-state index contributed by atoms with van der Waals surface area (Å²) in [6.07, 6.45) is 0. The lowest BCUT2D eigenvalue weighted by atomic mass is 10.0. The third kappa shape index (κ3) is 3.35. The van der Waals surface area contributed by atoms with Gasteiger partial charge in [-0.1, -0.05) is 19.9 Å². The molecule has 0 saturated heterocycles. The summed E-state index contributed by atoms with van der Waals surface area (Å²) in [5, 5.41) is 7.01. The molecule has 0 aliphatic heterocycles. The van der Waals surface area contributed by atoms with Crippen LogP contribution in [0, 0.1) is 12.8 Å². The molecule has 1 aromatic heterocycles. The molecule has 2 N–H and O–H groups in total. The van der Waals surface area contributed by atoms with Crippen LogP contribution in [0.2, 0.25) is 0 Å². The van der Waals surface area contributed by atoms with Crippen molar-refractivity contribution in [1.29, 1.82) is 0 Å². The Labute approximate surface area is 123 Å². The molecule has 0 bridgehead atoms. The Balaban J connectivity index is 2.09. The monoisotopic (exact) mass is 291 g/mol. The van der Waals surface area contributed by atoms with E-state index in [0.29, 0.717) is 6.54 Å². The first-order valence-electron chi connectivity index (χ1n) is 6.82. The van der Waals surface area contributed by atoms with Gasteiger partial charge in [-0.2, -0.15) is 0 Å². The Morgan fingerprint density at radius 3 is 2.80 bits per heavy atom. The zero-order valence-corrected chi connectivity index (χ0v) is 13.2. The molecule has 20 heavy (non-hydrogen) atoms. The lowest BCUT2D eigenvalue weighted by molar-refractivity contribution is -0.123. The number of carbonyl (C=O) groups is 1. The van der Waals surface area contributed by atoms with Crippen LogP contribution in [-0.4, -0.2) is 24.0 Å². The van der Waals surface area contributed by atoms with E-state index in [1.807, 2.05) is 13.8 Å². The van der Waals surface area contributed by atoms with Crippen LogP contribution in [-0.2, 0) is 11.3 Å². The van der Waals surface area contributed by atoms with Crippen LogP contribution in [0.5, 0.6) is 0 Å². The normalized spacial score (nSPS) is 12.8. The maximum absolute atomic E-state index is 11.8. The summed E-state index contributed by atoms with van der Waals surface area (Å²) in [7, 11) is 1.67. The molecule has 0 saturated carbocycles. The molecule has 1 unspecified atom stereocenters. The maximum Gasteiger partial charge on any atom is 0.237 e. The summed E-state index contributed by atoms with van der Waals surface area (Å²) < 4.78 is 1.19. The highest BCUT2D eigenvalue weighted by atomic mass is 32.1. The number of nitrogens with zero attached hydrogens (tertiary/aromatic N) is 1. The van der Waals surface area contributed by atoms with E-state index < -0.39 is 0 Å². The van der Waals surface area contributed by atoms with E-state index in [9.17, 15) is 4.79 Å². The minimum atomic E-state index is -0.186. The lowest BCUT2D eigenvalue weighted by Crippen LogP contribution is -2.45. The number of fused-ring (bicyclic) bond motifs is 1. The second-order valence-corrected chi connectivity index (χ2v) is 6.41. The fraction of sp³-hybridized carbons (Fsp3) is 0.467. The number of hydrogen-bond donors (Lipinski definition) is 2. The number of benzene rings is 1. The van der Waals surface area contributed by atoms with Gasteiger partial charge in [-0.15, -0.1) is 11.3 Å². The highest BCUT2D eigenvalue weighted by Gasteiger charge is 2.20. The van der Waals surface area contributed by atoms with Gasteiger partial charge in [-0.05, 0) is 30.5 Å². The van der Waals surface area contributed by atoms with Crippen LogP contribution >= 0.6 is 11.3 Å². The first-order valence-corrected chi connectivity index (χ1v) is 7.64. The van der Waals surface area contributed by atoms with Gasteiger partial charge in [0.05, 0.1) is 16.3 Å². The van der Waals surface area contributed by atoms with Crippen LogP contribution < -0.4 is 10.6 Å². The summed E-state index contributed by atoms with van der Waals surface area (Å²) in [5.74, 6) is 0.267. The van der Waals surface area contributed by atoms with E-state index in [2.05, 4.69) is 40.7 Å². The third-order valence-electron chi connectivity index (χ3n) is 3.26. The predicted octanol–water partition coefficient (Wildman–Crippen LogP) is 2.46. The van der Waals surface area contributed by atoms with E-state index >= 15 is 0 Å². The van der Waals surface area contributed by atoms with E-state index in [1.165, 1.54) is 10.3 Å². The lowest BCUT2D eigenvalue weighted by Gasteiger charge is -2.19. The number of likely N-dealkylation sites (N-methyl/N-ethyl adjacent to an activating group) is 1. The molecule has 0 radical (unpaired) electrons. The molecule has 0 aliphatic carbocycles. The van der Waals surface area contributed by atoms with Gasteiger partial charge in [0.2, 0.25) is 5.91 Å². The van der Waals surface area contributed by atoms with Gasteiger partial charge in [-0.3, -0.25) is 10.1 Å². The summed E-state index contributed by atoms with van der Waals surface area (Å²) in [6, 6.07) is 6.10. The number of amides is 1. The Kier molecular flexibility index (Phi) is 4.73. The van der Waals surface area contributed by atoms with Crippen LogP contribution in [0.1, 0.15) is 24.4 Å². The molecule has 4 nitrogen and oxygen atoms in total. The smallest absolute Gasteiger partial charge is 0.237 e. The SMILES string of the molecule is CNC(=O)C(NCc1nc2cc(C)ccc2s1)C(C)C. The summed E-state index contributed by atoms with van der Waals surface area (Å²) >= 11 is 1.67. The second-order valence-electron chi connectivity index (χ2n) is 5.30. The number of aryl methyl sites for hydroxylation is 1. The third-order valence-corrected chi connectivity index (χ3v) is 4.29. The molecule has 1 heterocycles. The van der Waals surface area contributed by atoms with E-state index in [1.54, 1.807) is 18.4 Å². The maximum atomic E-state index is 11.8. The van der Waals surface area contributed by atoms with Crippen molar-refractivity contribution in [2.75, 3.05) is 7.05 Å². The van der Waals surface area contributed by atoms with Gasteiger partial charge in [0.25, 0.3) is 0 Å². The van der Waals surface area contributed by atoms with Crippen molar-refractivity contribution in [3.05, 3.63) is 28.8 Å². The minimum Gasteiger partial charge on any atom is -0.358 e. The Morgan fingerprint density at radius 2 is 2.15 bits per heavy atom. The number of aromatic nitrogens is 1. The molecule has 2 aromatic rings. The number of rotatable bonds is 5. The van der Waals surface area contributed by atoms with E-state index in [-0.39, 0.29) is 17.9 Å². The van der Waals surface area contributed by atoms with Gasteiger partial charge >= 0.3 is 0 Å². The number of nitrogens with one attached hydrogen (secondary N) is 2. The van der Waals surface area contributed by atoms with Crippen molar-refractivity contribution in [2.24, 2.45) is 5.92 Å². The Bertz CT molecular complexity index is 606. The topological polar surface area (TPSA) is 54.0 Å². The van der Waals surface area contributed by atoms with Crippen LogP contribution in [0.4, 0.5) is 0 Å². The molecule has 1 aromatic carbocycles. The fourth-order valence-corrected chi connectivity index (χ4v) is 3.04. The second kappa shape index (κ2) is 6.33. The van der Waals surface area contributed by atoms with Crippen molar-refractivity contribution >= 4 is 27.5 Å². The van der Waals surface area contributed by atoms with Crippen molar-refractivity contribution in [3.63, 3.8) is 0 Å². The molecule has 1 atom stereocenters. The molecule has 5 heteroatoms. The predicted molar refractivity (Wildman–Crippen MR) is 83.9 cm³/mol. The van der Waals surface area contributed by atoms with Crippen molar-refractivity contribution in [3.8, 4) is 0 Å². The molecular weight excluding hydrogens is 270 g/mol. The van der Waals surface area contributed by atoms with Gasteiger partial charge in [0.1, 0.15) is 5.01 Å². The van der Waals surface area contributed by atoms with Crippen LogP contribution in [0.25, 0.3) is 10.2 Å². The van der Waals surface area contributed by atoms with Crippen LogP contribution in [0.15, 0.2) is 18.2 Å². The molecule has 2 rings (SSSR count). The highest BCUT2D eigenvalue weighted by molar-refractivity contribution is 7.18. The van der Waals surface area contributed by atoms with Gasteiger partial charge in [-0.25, -0.2) is 4.98 Å². The van der Waals surface area contributed by atoms with Gasteiger partial charge in [0.15, 0.2) is 0 Å². The quantitative estimate of drug-likeness (QED) is 0.890. The minimum absolute atomic E-state index is 0.0250. The van der Waals surface area contributed by atoms with E-state index in [0.717, 1.165) is 10.5 Å². The highest BCUT2D eigenvalue weighted by Crippen LogP contribution is 2.23. The van der Waals surface area contributed by atoms with Crippen molar-refractivity contribution in [1.82, 2.24) is 15.6 Å². The zero-order valence-electron chi connectivity index (χ0n) is 12.4.